The molecule has 6 nitrogen and oxygen atoms in total. The average molecular weight is 299 g/mol. The van der Waals surface area contributed by atoms with Gasteiger partial charge in [0.1, 0.15) is 12.2 Å². The fraction of sp³-hybridized carbons (Fsp3) is 0.933. The Morgan fingerprint density at radius 3 is 2.71 bits per heavy atom. The lowest BCUT2D eigenvalue weighted by molar-refractivity contribution is -0.223. The Balaban J connectivity index is 1.70. The van der Waals surface area contributed by atoms with E-state index in [0.717, 1.165) is 25.7 Å². The van der Waals surface area contributed by atoms with Gasteiger partial charge in [-0.15, -0.1) is 0 Å². The van der Waals surface area contributed by atoms with E-state index in [9.17, 15) is 4.79 Å². The molecule has 3 aliphatic rings. The van der Waals surface area contributed by atoms with Gasteiger partial charge in [0.05, 0.1) is 6.04 Å². The normalized spacial score (nSPS) is 36.9. The molecule has 0 aromatic rings. The van der Waals surface area contributed by atoms with Crippen molar-refractivity contribution in [3.8, 4) is 0 Å². The first-order chi connectivity index (χ1) is 10.1. The van der Waals surface area contributed by atoms with Crippen molar-refractivity contribution < 1.29 is 23.7 Å². The summed E-state index contributed by atoms with van der Waals surface area (Å²) in [7, 11) is 0. The summed E-state index contributed by atoms with van der Waals surface area (Å²) < 4.78 is 23.3. The van der Waals surface area contributed by atoms with Crippen LogP contribution in [-0.2, 0) is 23.7 Å². The lowest BCUT2D eigenvalue weighted by Crippen LogP contribution is -2.50. The number of hydrogen-bond donors (Lipinski definition) is 1. The zero-order valence-corrected chi connectivity index (χ0v) is 12.6. The molecule has 3 rings (SSSR count). The van der Waals surface area contributed by atoms with Gasteiger partial charge in [0.2, 0.25) is 0 Å². The summed E-state index contributed by atoms with van der Waals surface area (Å²) in [4.78, 5) is 11.3. The molecule has 2 heterocycles. The molecular weight excluding hydrogens is 274 g/mol. The quantitative estimate of drug-likeness (QED) is 0.792. The number of cyclic esters (lactones) is 1. The molecule has 2 saturated heterocycles. The second-order valence-corrected chi connectivity index (χ2v) is 6.14. The third-order valence-corrected chi connectivity index (χ3v) is 4.62. The highest BCUT2D eigenvalue weighted by molar-refractivity contribution is 5.71. The van der Waals surface area contributed by atoms with Crippen molar-refractivity contribution in [2.24, 2.45) is 5.73 Å². The molecule has 3 fully saturated rings. The molecular formula is C15H25NO5. The molecule has 6 heteroatoms. The number of carbonyl (C=O) groups excluding carboxylic acids is 1. The Kier molecular flexibility index (Phi) is 4.49. The standard InChI is InChI=1S/C15H25NO5/c1-2-18-14-13(12(16)10-6-7-11(17)19-10)20-15(21-14)8-4-3-5-9-15/h10,12-14H,2-9,16H2,1H3/t10-,12?,13?,14?/m1/s1. The first kappa shape index (κ1) is 15.2. The van der Waals surface area contributed by atoms with Crippen LogP contribution in [-0.4, -0.2) is 42.9 Å². The topological polar surface area (TPSA) is 80.0 Å². The van der Waals surface area contributed by atoms with Crippen LogP contribution in [0.3, 0.4) is 0 Å². The lowest BCUT2D eigenvalue weighted by atomic mass is 9.94. The van der Waals surface area contributed by atoms with Crippen LogP contribution in [0.2, 0.25) is 0 Å². The van der Waals surface area contributed by atoms with Crippen molar-refractivity contribution in [1.29, 1.82) is 0 Å². The molecule has 0 bridgehead atoms. The Morgan fingerprint density at radius 2 is 2.10 bits per heavy atom. The van der Waals surface area contributed by atoms with E-state index in [-0.39, 0.29) is 18.2 Å². The van der Waals surface area contributed by atoms with E-state index in [1.807, 2.05) is 6.92 Å². The van der Waals surface area contributed by atoms with Crippen molar-refractivity contribution in [2.45, 2.75) is 82.2 Å². The zero-order valence-electron chi connectivity index (χ0n) is 12.6. The second kappa shape index (κ2) is 6.20. The van der Waals surface area contributed by atoms with Crippen LogP contribution in [0.1, 0.15) is 51.9 Å². The molecule has 1 aliphatic carbocycles. The predicted octanol–water partition coefficient (Wildman–Crippen LogP) is 1.46. The summed E-state index contributed by atoms with van der Waals surface area (Å²) in [6, 6.07) is -0.408. The molecule has 120 valence electrons. The second-order valence-electron chi connectivity index (χ2n) is 6.14. The fourth-order valence-electron chi connectivity index (χ4n) is 3.52. The van der Waals surface area contributed by atoms with Crippen LogP contribution in [0.4, 0.5) is 0 Å². The Morgan fingerprint density at radius 1 is 1.33 bits per heavy atom. The minimum Gasteiger partial charge on any atom is -0.461 e. The molecule has 1 spiro atoms. The Hall–Kier alpha value is -0.690. The fourth-order valence-corrected chi connectivity index (χ4v) is 3.52. The number of nitrogens with two attached hydrogens (primary N) is 1. The summed E-state index contributed by atoms with van der Waals surface area (Å²) in [5, 5.41) is 0. The van der Waals surface area contributed by atoms with Gasteiger partial charge in [-0.1, -0.05) is 6.42 Å². The van der Waals surface area contributed by atoms with Crippen molar-refractivity contribution in [1.82, 2.24) is 0 Å². The van der Waals surface area contributed by atoms with Crippen LogP contribution < -0.4 is 5.73 Å². The number of ether oxygens (including phenoxy) is 4. The van der Waals surface area contributed by atoms with Gasteiger partial charge in [-0.3, -0.25) is 4.79 Å². The van der Waals surface area contributed by atoms with Crippen LogP contribution in [0.5, 0.6) is 0 Å². The molecule has 0 aromatic heterocycles. The minimum atomic E-state index is -0.553. The summed E-state index contributed by atoms with van der Waals surface area (Å²) in [5.41, 5.74) is 6.29. The summed E-state index contributed by atoms with van der Waals surface area (Å²) in [5.74, 6) is -0.738. The van der Waals surface area contributed by atoms with Gasteiger partial charge in [0.25, 0.3) is 0 Å². The smallest absolute Gasteiger partial charge is 0.306 e. The van der Waals surface area contributed by atoms with Crippen LogP contribution in [0.15, 0.2) is 0 Å². The number of rotatable bonds is 4. The van der Waals surface area contributed by atoms with Crippen molar-refractivity contribution in [2.75, 3.05) is 6.61 Å². The maximum atomic E-state index is 11.3. The van der Waals surface area contributed by atoms with E-state index in [4.69, 9.17) is 24.7 Å². The molecule has 3 unspecified atom stereocenters. The SMILES string of the molecule is CCOC1OC2(CCCCC2)OC1C(N)[C@H]1CCC(=O)O1. The van der Waals surface area contributed by atoms with Gasteiger partial charge in [-0.05, 0) is 26.2 Å². The third kappa shape index (κ3) is 3.08. The summed E-state index contributed by atoms with van der Waals surface area (Å²) in [6.45, 7) is 2.46. The summed E-state index contributed by atoms with van der Waals surface area (Å²) >= 11 is 0. The van der Waals surface area contributed by atoms with E-state index >= 15 is 0 Å². The van der Waals surface area contributed by atoms with Gasteiger partial charge in [0, 0.05) is 25.9 Å². The average Bonchev–Trinajstić information content (AvgIpc) is 3.05. The zero-order chi connectivity index (χ0) is 14.9. The molecule has 2 N–H and O–H groups in total. The molecule has 0 amide bonds. The highest BCUT2D eigenvalue weighted by Crippen LogP contribution is 2.42. The van der Waals surface area contributed by atoms with Crippen LogP contribution in [0.25, 0.3) is 0 Å². The van der Waals surface area contributed by atoms with Crippen molar-refractivity contribution >= 4 is 5.97 Å². The third-order valence-electron chi connectivity index (χ3n) is 4.62. The molecule has 0 radical (unpaired) electrons. The monoisotopic (exact) mass is 299 g/mol. The highest BCUT2D eigenvalue weighted by atomic mass is 16.8. The first-order valence-corrected chi connectivity index (χ1v) is 8.06. The lowest BCUT2D eigenvalue weighted by Gasteiger charge is -2.32. The van der Waals surface area contributed by atoms with Gasteiger partial charge >= 0.3 is 5.97 Å². The molecule has 2 aliphatic heterocycles. The molecule has 4 atom stereocenters. The maximum Gasteiger partial charge on any atom is 0.306 e. The van der Waals surface area contributed by atoms with Crippen LogP contribution >= 0.6 is 0 Å². The maximum absolute atomic E-state index is 11.3. The van der Waals surface area contributed by atoms with E-state index in [1.54, 1.807) is 0 Å². The van der Waals surface area contributed by atoms with Gasteiger partial charge in [0.15, 0.2) is 12.1 Å². The first-order valence-electron chi connectivity index (χ1n) is 8.06. The van der Waals surface area contributed by atoms with E-state index < -0.39 is 18.1 Å². The number of esters is 1. The van der Waals surface area contributed by atoms with Gasteiger partial charge in [-0.25, -0.2) is 0 Å². The highest BCUT2D eigenvalue weighted by Gasteiger charge is 2.52. The van der Waals surface area contributed by atoms with Crippen LogP contribution in [0, 0.1) is 0 Å². The largest absolute Gasteiger partial charge is 0.461 e. The minimum absolute atomic E-state index is 0.185. The number of hydrogen-bond acceptors (Lipinski definition) is 6. The van der Waals surface area contributed by atoms with Crippen molar-refractivity contribution in [3.05, 3.63) is 0 Å². The molecule has 0 aromatic carbocycles. The Bertz CT molecular complexity index is 382. The van der Waals surface area contributed by atoms with E-state index in [0.29, 0.717) is 19.4 Å². The van der Waals surface area contributed by atoms with E-state index in [2.05, 4.69) is 0 Å². The van der Waals surface area contributed by atoms with E-state index in [1.165, 1.54) is 6.42 Å². The summed E-state index contributed by atoms with van der Waals surface area (Å²) in [6.07, 6.45) is 5.09. The molecule has 21 heavy (non-hydrogen) atoms. The number of carbonyl (C=O) groups is 1. The van der Waals surface area contributed by atoms with Gasteiger partial charge < -0.3 is 24.7 Å². The predicted molar refractivity (Wildman–Crippen MR) is 74.3 cm³/mol. The van der Waals surface area contributed by atoms with Crippen molar-refractivity contribution in [3.63, 3.8) is 0 Å². The van der Waals surface area contributed by atoms with Gasteiger partial charge in [-0.2, -0.15) is 0 Å². The molecule has 1 saturated carbocycles. The Labute approximate surface area is 125 Å².